The van der Waals surface area contributed by atoms with E-state index < -0.39 is 0 Å². The molecule has 1 aromatic carbocycles. The molecular weight excluding hydrogens is 268 g/mol. The maximum absolute atomic E-state index is 12.0. The highest BCUT2D eigenvalue weighted by molar-refractivity contribution is 5.78. The fraction of sp³-hybridized carbons (Fsp3) is 0.667. The zero-order valence-electron chi connectivity index (χ0n) is 15.0. The Kier molecular flexibility index (Phi) is 9.11. The van der Waals surface area contributed by atoms with E-state index in [1.165, 1.54) is 36.8 Å². The van der Waals surface area contributed by atoms with E-state index in [4.69, 9.17) is 0 Å². The van der Waals surface area contributed by atoms with E-state index in [1.807, 2.05) is 6.92 Å². The summed E-state index contributed by atoms with van der Waals surface area (Å²) in [5, 5.41) is 0. The molecule has 1 heteroatoms. The quantitative estimate of drug-likeness (QED) is 0.480. The molecule has 0 aliphatic carbocycles. The van der Waals surface area contributed by atoms with Crippen molar-refractivity contribution < 1.29 is 4.79 Å². The molecule has 0 fully saturated rings. The topological polar surface area (TPSA) is 17.1 Å². The molecule has 1 unspecified atom stereocenters. The zero-order chi connectivity index (χ0) is 16.4. The summed E-state index contributed by atoms with van der Waals surface area (Å²) >= 11 is 0. The fourth-order valence-corrected chi connectivity index (χ4v) is 3.52. The molecule has 0 saturated heterocycles. The molecule has 0 aromatic heterocycles. The van der Waals surface area contributed by atoms with Crippen molar-refractivity contribution in [1.82, 2.24) is 0 Å². The van der Waals surface area contributed by atoms with Gasteiger partial charge in [-0.1, -0.05) is 76.3 Å². The molecule has 124 valence electrons. The minimum Gasteiger partial charge on any atom is -0.300 e. The van der Waals surface area contributed by atoms with Crippen LogP contribution in [-0.4, -0.2) is 5.78 Å². The SMILES string of the molecule is CCCC(CCC)C(CCc1cccc(C)c1)CC(=O)CC. The van der Waals surface area contributed by atoms with Gasteiger partial charge in [-0.2, -0.15) is 0 Å². The lowest BCUT2D eigenvalue weighted by Crippen LogP contribution is -2.19. The Balaban J connectivity index is 2.72. The highest BCUT2D eigenvalue weighted by atomic mass is 16.1. The smallest absolute Gasteiger partial charge is 0.132 e. The van der Waals surface area contributed by atoms with Crippen LogP contribution in [0.1, 0.15) is 76.8 Å². The van der Waals surface area contributed by atoms with Crippen LogP contribution in [0.2, 0.25) is 0 Å². The lowest BCUT2D eigenvalue weighted by molar-refractivity contribution is -0.120. The van der Waals surface area contributed by atoms with E-state index in [9.17, 15) is 4.79 Å². The first-order valence-corrected chi connectivity index (χ1v) is 9.17. The van der Waals surface area contributed by atoms with Crippen molar-refractivity contribution in [3.8, 4) is 0 Å². The molecule has 1 aromatic rings. The number of ketones is 1. The first-order valence-electron chi connectivity index (χ1n) is 9.17. The second-order valence-electron chi connectivity index (χ2n) is 6.72. The Bertz CT molecular complexity index is 429. The van der Waals surface area contributed by atoms with Crippen LogP contribution in [-0.2, 0) is 11.2 Å². The normalized spacial score (nSPS) is 12.6. The molecule has 0 spiro atoms. The third-order valence-corrected chi connectivity index (χ3v) is 4.76. The monoisotopic (exact) mass is 302 g/mol. The van der Waals surface area contributed by atoms with Crippen molar-refractivity contribution in [2.45, 2.75) is 79.1 Å². The molecule has 0 N–H and O–H groups in total. The van der Waals surface area contributed by atoms with Crippen LogP contribution >= 0.6 is 0 Å². The number of aryl methyl sites for hydroxylation is 2. The van der Waals surface area contributed by atoms with E-state index in [0.717, 1.165) is 25.2 Å². The van der Waals surface area contributed by atoms with Crippen LogP contribution in [0.5, 0.6) is 0 Å². The van der Waals surface area contributed by atoms with Crippen LogP contribution < -0.4 is 0 Å². The van der Waals surface area contributed by atoms with Gasteiger partial charge in [-0.25, -0.2) is 0 Å². The highest BCUT2D eigenvalue weighted by Gasteiger charge is 2.22. The van der Waals surface area contributed by atoms with Crippen LogP contribution in [0.15, 0.2) is 24.3 Å². The van der Waals surface area contributed by atoms with Gasteiger partial charge in [0, 0.05) is 12.8 Å². The summed E-state index contributed by atoms with van der Waals surface area (Å²) in [6.45, 7) is 8.68. The summed E-state index contributed by atoms with van der Waals surface area (Å²) in [7, 11) is 0. The second kappa shape index (κ2) is 10.6. The van der Waals surface area contributed by atoms with Gasteiger partial charge in [0.2, 0.25) is 0 Å². The molecule has 0 bridgehead atoms. The maximum Gasteiger partial charge on any atom is 0.132 e. The predicted molar refractivity (Wildman–Crippen MR) is 96.2 cm³/mol. The van der Waals surface area contributed by atoms with Crippen molar-refractivity contribution in [3.05, 3.63) is 35.4 Å². The standard InChI is InChI=1S/C21H34O/c1-5-9-19(10-6-2)20(16-21(22)7-3)14-13-18-12-8-11-17(4)15-18/h8,11-12,15,19-20H,5-7,9-10,13-14,16H2,1-4H3. The summed E-state index contributed by atoms with van der Waals surface area (Å²) in [4.78, 5) is 12.0. The molecule has 0 heterocycles. The molecule has 1 nitrogen and oxygen atoms in total. The number of carbonyl (C=O) groups excluding carboxylic acids is 1. The Labute approximate surface area is 137 Å². The van der Waals surface area contributed by atoms with Crippen molar-refractivity contribution >= 4 is 5.78 Å². The van der Waals surface area contributed by atoms with Gasteiger partial charge in [-0.15, -0.1) is 0 Å². The lowest BCUT2D eigenvalue weighted by atomic mass is 9.78. The van der Waals surface area contributed by atoms with E-state index in [0.29, 0.717) is 18.1 Å². The van der Waals surface area contributed by atoms with Gasteiger partial charge in [0.05, 0.1) is 0 Å². The minimum absolute atomic E-state index is 0.437. The number of rotatable bonds is 11. The summed E-state index contributed by atoms with van der Waals surface area (Å²) in [5.74, 6) is 1.72. The van der Waals surface area contributed by atoms with Crippen LogP contribution in [0, 0.1) is 18.8 Å². The number of hydrogen-bond donors (Lipinski definition) is 0. The highest BCUT2D eigenvalue weighted by Crippen LogP contribution is 2.30. The van der Waals surface area contributed by atoms with E-state index in [2.05, 4.69) is 45.0 Å². The van der Waals surface area contributed by atoms with Gasteiger partial charge >= 0.3 is 0 Å². The van der Waals surface area contributed by atoms with Gasteiger partial charge in [0.1, 0.15) is 5.78 Å². The summed E-state index contributed by atoms with van der Waals surface area (Å²) in [6, 6.07) is 8.80. The number of Topliss-reactive ketones (excluding diaryl/α,β-unsaturated/α-hetero) is 1. The summed E-state index contributed by atoms with van der Waals surface area (Å²) < 4.78 is 0. The molecule has 1 atom stereocenters. The van der Waals surface area contributed by atoms with Crippen LogP contribution in [0.3, 0.4) is 0 Å². The molecule has 0 aliphatic rings. The Morgan fingerprint density at radius 2 is 1.68 bits per heavy atom. The van der Waals surface area contributed by atoms with E-state index in [1.54, 1.807) is 0 Å². The molecule has 0 radical (unpaired) electrons. The Hall–Kier alpha value is -1.11. The summed E-state index contributed by atoms with van der Waals surface area (Å²) in [6.07, 6.45) is 8.72. The van der Waals surface area contributed by atoms with Crippen LogP contribution in [0.4, 0.5) is 0 Å². The first kappa shape index (κ1) is 18.9. The van der Waals surface area contributed by atoms with Crippen molar-refractivity contribution in [2.75, 3.05) is 0 Å². The van der Waals surface area contributed by atoms with Gasteiger partial charge in [0.25, 0.3) is 0 Å². The van der Waals surface area contributed by atoms with Gasteiger partial charge in [-0.05, 0) is 37.2 Å². The molecule has 0 saturated carbocycles. The third kappa shape index (κ3) is 6.77. The second-order valence-corrected chi connectivity index (χ2v) is 6.72. The first-order chi connectivity index (χ1) is 10.6. The fourth-order valence-electron chi connectivity index (χ4n) is 3.52. The van der Waals surface area contributed by atoms with Gasteiger partial charge in [0.15, 0.2) is 0 Å². The molecular formula is C21H34O. The number of hydrogen-bond acceptors (Lipinski definition) is 1. The van der Waals surface area contributed by atoms with Crippen molar-refractivity contribution in [3.63, 3.8) is 0 Å². The molecule has 0 aliphatic heterocycles. The Morgan fingerprint density at radius 1 is 1.00 bits per heavy atom. The molecule has 22 heavy (non-hydrogen) atoms. The van der Waals surface area contributed by atoms with Crippen LogP contribution in [0.25, 0.3) is 0 Å². The zero-order valence-corrected chi connectivity index (χ0v) is 15.0. The minimum atomic E-state index is 0.437. The Morgan fingerprint density at radius 3 is 2.23 bits per heavy atom. The average molecular weight is 303 g/mol. The maximum atomic E-state index is 12.0. The average Bonchev–Trinajstić information content (AvgIpc) is 2.51. The summed E-state index contributed by atoms with van der Waals surface area (Å²) in [5.41, 5.74) is 2.75. The predicted octanol–water partition coefficient (Wildman–Crippen LogP) is 6.13. The molecule has 1 rings (SSSR count). The van der Waals surface area contributed by atoms with Crippen molar-refractivity contribution in [2.24, 2.45) is 11.8 Å². The lowest BCUT2D eigenvalue weighted by Gasteiger charge is -2.26. The third-order valence-electron chi connectivity index (χ3n) is 4.76. The van der Waals surface area contributed by atoms with E-state index >= 15 is 0 Å². The van der Waals surface area contributed by atoms with Gasteiger partial charge < -0.3 is 0 Å². The number of benzene rings is 1. The number of carbonyl (C=O) groups is 1. The molecule has 0 amide bonds. The van der Waals surface area contributed by atoms with Gasteiger partial charge in [-0.3, -0.25) is 4.79 Å². The van der Waals surface area contributed by atoms with Crippen molar-refractivity contribution in [1.29, 1.82) is 0 Å². The van der Waals surface area contributed by atoms with E-state index in [-0.39, 0.29) is 0 Å². The largest absolute Gasteiger partial charge is 0.300 e.